The van der Waals surface area contributed by atoms with Gasteiger partial charge in [0.1, 0.15) is 0 Å². The lowest BCUT2D eigenvalue weighted by atomic mass is 10.3. The highest BCUT2D eigenvalue weighted by molar-refractivity contribution is 4.36. The molecular weight excluding hydrogens is 152 g/mol. The van der Waals surface area contributed by atoms with Crippen LogP contribution in [0.3, 0.4) is 0 Å². The van der Waals surface area contributed by atoms with Gasteiger partial charge in [0, 0.05) is 0 Å². The van der Waals surface area contributed by atoms with Crippen LogP contribution in [0, 0.1) is 0 Å². The fraction of sp³-hybridized carbons (Fsp3) is 1.00. The first-order valence-electron chi connectivity index (χ1n) is 4.63. The van der Waals surface area contributed by atoms with Gasteiger partial charge in [-0.25, -0.2) is 0 Å². The lowest BCUT2D eigenvalue weighted by Crippen LogP contribution is -2.84. The van der Waals surface area contributed by atoms with Crippen LogP contribution in [0.1, 0.15) is 39.5 Å². The molecule has 0 aromatic heterocycles. The number of nitrogens with two attached hydrogens (primary N) is 1. The molecule has 0 aliphatic carbocycles. The third kappa shape index (κ3) is 22.8. The van der Waals surface area contributed by atoms with Crippen molar-refractivity contribution < 1.29 is 5.32 Å². The molecule has 0 amide bonds. The van der Waals surface area contributed by atoms with Crippen LogP contribution in [0.4, 0.5) is 0 Å². The summed E-state index contributed by atoms with van der Waals surface area (Å²) in [5, 5.41) is 2.42. The van der Waals surface area contributed by atoms with Gasteiger partial charge >= 0.3 is 0 Å². The number of nitrogens with zero attached hydrogens (tertiary/aromatic N) is 3. The van der Waals surface area contributed by atoms with Crippen molar-refractivity contribution in [2.45, 2.75) is 39.5 Å². The zero-order valence-electron chi connectivity index (χ0n) is 8.16. The van der Waals surface area contributed by atoms with Crippen LogP contribution >= 0.6 is 0 Å². The predicted octanol–water partition coefficient (Wildman–Crippen LogP) is 2.02. The van der Waals surface area contributed by atoms with E-state index < -0.39 is 0 Å². The van der Waals surface area contributed by atoms with Gasteiger partial charge in [0.2, 0.25) is 0 Å². The monoisotopic (exact) mass is 172 g/mol. The molecule has 0 aliphatic heterocycles. The number of unbranched alkanes of at least 4 members (excludes halogenated alkanes) is 2. The zero-order chi connectivity index (χ0) is 9.66. The molecule has 0 heterocycles. The second-order valence-corrected chi connectivity index (χ2v) is 2.66. The SMILES string of the molecule is CCCC[NH2+]CCCC.[N-]=[N+]=[N-]. The highest BCUT2D eigenvalue weighted by Gasteiger charge is 1.86. The molecule has 72 valence electrons. The van der Waals surface area contributed by atoms with Crippen LogP contribution in [0.5, 0.6) is 0 Å². The third-order valence-electron chi connectivity index (χ3n) is 1.52. The number of rotatable bonds is 6. The highest BCUT2D eigenvalue weighted by Crippen LogP contribution is 1.80. The van der Waals surface area contributed by atoms with Crippen molar-refractivity contribution in [3.8, 4) is 0 Å². The van der Waals surface area contributed by atoms with Gasteiger partial charge in [0.15, 0.2) is 0 Å². The second-order valence-electron chi connectivity index (χ2n) is 2.66. The van der Waals surface area contributed by atoms with Gasteiger partial charge in [-0.1, -0.05) is 26.7 Å². The molecule has 4 heteroatoms. The quantitative estimate of drug-likeness (QED) is 0.275. The van der Waals surface area contributed by atoms with Gasteiger partial charge < -0.3 is 16.4 Å². The van der Waals surface area contributed by atoms with Gasteiger partial charge in [0.05, 0.1) is 13.1 Å². The molecule has 0 saturated carbocycles. The Kier molecular flexibility index (Phi) is 19.2. The first-order chi connectivity index (χ1) is 5.83. The number of hydrogen-bond acceptors (Lipinski definition) is 0. The molecule has 12 heavy (non-hydrogen) atoms. The van der Waals surface area contributed by atoms with Crippen molar-refractivity contribution in [1.29, 1.82) is 0 Å². The Morgan fingerprint density at radius 1 is 1.00 bits per heavy atom. The summed E-state index contributed by atoms with van der Waals surface area (Å²) in [6.45, 7) is 7.15. The molecule has 0 atom stereocenters. The summed E-state index contributed by atoms with van der Waals surface area (Å²) in [5.41, 5.74) is 13.5. The summed E-state index contributed by atoms with van der Waals surface area (Å²) in [6.07, 6.45) is 5.43. The average molecular weight is 172 g/mol. The Hall–Kier alpha value is -0.730. The summed E-state index contributed by atoms with van der Waals surface area (Å²) in [7, 11) is 0. The van der Waals surface area contributed by atoms with Crippen LogP contribution < -0.4 is 5.32 Å². The van der Waals surface area contributed by atoms with E-state index in [2.05, 4.69) is 19.2 Å². The first kappa shape index (κ1) is 13.8. The molecule has 0 aromatic rings. The predicted molar refractivity (Wildman–Crippen MR) is 51.6 cm³/mol. The molecule has 0 aromatic carbocycles. The van der Waals surface area contributed by atoms with Crippen LogP contribution in [0.15, 0.2) is 0 Å². The maximum absolute atomic E-state index is 6.75. The van der Waals surface area contributed by atoms with Crippen molar-refractivity contribution in [2.24, 2.45) is 0 Å². The average Bonchev–Trinajstić information content (AvgIpc) is 2.06. The smallest absolute Gasteiger partial charge is 0.0755 e. The van der Waals surface area contributed by atoms with Crippen LogP contribution in [0.25, 0.3) is 16.0 Å². The topological polar surface area (TPSA) is 75.3 Å². The van der Waals surface area contributed by atoms with Crippen LogP contribution in [0.2, 0.25) is 0 Å². The Balaban J connectivity index is 0. The van der Waals surface area contributed by atoms with E-state index >= 15 is 0 Å². The Bertz CT molecular complexity index is 91.2. The van der Waals surface area contributed by atoms with Crippen molar-refractivity contribution in [3.63, 3.8) is 0 Å². The van der Waals surface area contributed by atoms with E-state index in [0.29, 0.717) is 0 Å². The zero-order valence-corrected chi connectivity index (χ0v) is 8.16. The fourth-order valence-electron chi connectivity index (χ4n) is 0.841. The fourth-order valence-corrected chi connectivity index (χ4v) is 0.841. The Morgan fingerprint density at radius 3 is 1.58 bits per heavy atom. The first-order valence-corrected chi connectivity index (χ1v) is 4.63. The van der Waals surface area contributed by atoms with Gasteiger partial charge in [-0.2, -0.15) is 0 Å². The molecule has 0 unspecified atom stereocenters. The molecule has 0 bridgehead atoms. The van der Waals surface area contributed by atoms with E-state index in [0.717, 1.165) is 0 Å². The van der Waals surface area contributed by atoms with E-state index in [9.17, 15) is 0 Å². The van der Waals surface area contributed by atoms with Crippen molar-refractivity contribution >= 4 is 0 Å². The molecule has 0 radical (unpaired) electrons. The van der Waals surface area contributed by atoms with E-state index in [1.165, 1.54) is 43.7 Å². The lowest BCUT2D eigenvalue weighted by Gasteiger charge is -1.96. The van der Waals surface area contributed by atoms with E-state index in [1.54, 1.807) is 0 Å². The van der Waals surface area contributed by atoms with Crippen molar-refractivity contribution in [2.75, 3.05) is 13.1 Å². The van der Waals surface area contributed by atoms with E-state index in [4.69, 9.17) is 11.1 Å². The normalized spacial score (nSPS) is 8.17. The molecule has 0 spiro atoms. The Morgan fingerprint density at radius 2 is 1.33 bits per heavy atom. The summed E-state index contributed by atoms with van der Waals surface area (Å²) in [5.74, 6) is 0. The molecule has 0 saturated heterocycles. The minimum absolute atomic E-state index is 1.33. The van der Waals surface area contributed by atoms with Crippen molar-refractivity contribution in [3.05, 3.63) is 16.0 Å². The highest BCUT2D eigenvalue weighted by atomic mass is 15.0. The summed E-state index contributed by atoms with van der Waals surface area (Å²) in [4.78, 5) is 1.50. The number of hydrogen-bond donors (Lipinski definition) is 1. The van der Waals surface area contributed by atoms with E-state index in [1.807, 2.05) is 0 Å². The van der Waals surface area contributed by atoms with E-state index in [-0.39, 0.29) is 0 Å². The van der Waals surface area contributed by atoms with Gasteiger partial charge in [-0.15, -0.1) is 0 Å². The molecule has 0 rings (SSSR count). The summed E-state index contributed by atoms with van der Waals surface area (Å²) < 4.78 is 0. The van der Waals surface area contributed by atoms with Crippen LogP contribution in [-0.4, -0.2) is 13.1 Å². The number of quaternary nitrogens is 1. The van der Waals surface area contributed by atoms with Crippen molar-refractivity contribution in [1.82, 2.24) is 0 Å². The van der Waals surface area contributed by atoms with Gasteiger partial charge in [-0.3, -0.25) is 4.91 Å². The third-order valence-corrected chi connectivity index (χ3v) is 1.52. The second kappa shape index (κ2) is 16.7. The standard InChI is InChI=1S/C8H19N.N3/c1-3-5-7-9-8-6-4-2;1-3-2/h9H,3-8H2,1-2H3;/q;-1/p+1. The lowest BCUT2D eigenvalue weighted by molar-refractivity contribution is -0.655. The Labute approximate surface area is 74.8 Å². The molecule has 4 nitrogen and oxygen atoms in total. The minimum atomic E-state index is 1.33. The molecular formula is C8H20N4. The maximum atomic E-state index is 6.75. The van der Waals surface area contributed by atoms with Gasteiger partial charge in [0.25, 0.3) is 0 Å². The minimum Gasteiger partial charge on any atom is -0.373 e. The summed E-state index contributed by atoms with van der Waals surface area (Å²) >= 11 is 0. The van der Waals surface area contributed by atoms with Crippen LogP contribution in [-0.2, 0) is 0 Å². The largest absolute Gasteiger partial charge is 0.373 e. The molecule has 2 N–H and O–H groups in total. The molecule has 0 fully saturated rings. The van der Waals surface area contributed by atoms with Gasteiger partial charge in [-0.05, 0) is 12.8 Å². The molecule has 0 aliphatic rings. The summed E-state index contributed by atoms with van der Waals surface area (Å²) in [6, 6.07) is 0. The maximum Gasteiger partial charge on any atom is 0.0755 e.